The van der Waals surface area contributed by atoms with E-state index in [0.29, 0.717) is 0 Å². The summed E-state index contributed by atoms with van der Waals surface area (Å²) in [6.07, 6.45) is 1.36. The summed E-state index contributed by atoms with van der Waals surface area (Å²) in [6, 6.07) is 0. The molecular weight excluding hydrogens is 315 g/mol. The van der Waals surface area contributed by atoms with Crippen LogP contribution in [0.1, 0.15) is 6.42 Å². The molecule has 7 nitrogen and oxygen atoms in total. The zero-order valence-corrected chi connectivity index (χ0v) is 11.9. The lowest BCUT2D eigenvalue weighted by atomic mass is 10.1. The summed E-state index contributed by atoms with van der Waals surface area (Å²) in [5, 5.41) is 5.10. The van der Waals surface area contributed by atoms with Crippen LogP contribution in [0, 0.1) is 5.92 Å². The van der Waals surface area contributed by atoms with Gasteiger partial charge in [0.1, 0.15) is 5.02 Å². The fraction of sp³-hybridized carbons (Fsp3) is 0.444. The molecule has 2 rings (SSSR count). The van der Waals surface area contributed by atoms with E-state index in [2.05, 4.69) is 9.97 Å². The van der Waals surface area contributed by atoms with E-state index in [-0.39, 0.29) is 46.7 Å². The van der Waals surface area contributed by atoms with Crippen molar-refractivity contribution in [3.63, 3.8) is 0 Å². The van der Waals surface area contributed by atoms with E-state index in [1.165, 1.54) is 11.1 Å². The molecule has 0 aromatic carbocycles. The van der Waals surface area contributed by atoms with Crippen molar-refractivity contribution < 1.29 is 13.2 Å². The van der Waals surface area contributed by atoms with Crippen LogP contribution in [0.2, 0.25) is 10.3 Å². The van der Waals surface area contributed by atoms with Crippen molar-refractivity contribution in [2.75, 3.05) is 17.2 Å². The van der Waals surface area contributed by atoms with Crippen LogP contribution in [0.3, 0.4) is 0 Å². The van der Waals surface area contributed by atoms with Gasteiger partial charge in [-0.1, -0.05) is 11.6 Å². The first-order chi connectivity index (χ1) is 8.76. The molecule has 1 aliphatic rings. The molecule has 1 fully saturated rings. The Morgan fingerprint density at radius 2 is 2.16 bits per heavy atom. The molecule has 1 aromatic rings. The molecule has 104 valence electrons. The number of nitrogens with zero attached hydrogens (tertiary/aromatic N) is 3. The van der Waals surface area contributed by atoms with Gasteiger partial charge in [-0.15, -0.1) is 0 Å². The minimum Gasteiger partial charge on any atom is -0.295 e. The van der Waals surface area contributed by atoms with Gasteiger partial charge in [0.05, 0.1) is 11.9 Å². The van der Waals surface area contributed by atoms with Crippen LogP contribution in [0.5, 0.6) is 0 Å². The number of rotatable bonds is 3. The maximum atomic E-state index is 11.9. The summed E-state index contributed by atoms with van der Waals surface area (Å²) in [7, 11) is -3.63. The largest absolute Gasteiger partial charge is 0.295 e. The van der Waals surface area contributed by atoms with Crippen molar-refractivity contribution in [2.24, 2.45) is 11.1 Å². The summed E-state index contributed by atoms with van der Waals surface area (Å²) >= 11 is 11.6. The van der Waals surface area contributed by atoms with E-state index in [1.807, 2.05) is 0 Å². The number of primary sulfonamides is 1. The SMILES string of the molecule is NS(=O)(=O)CC1CC(=O)N(c2nc(Cl)ncc2Cl)C1. The molecule has 10 heteroatoms. The molecule has 1 atom stereocenters. The highest BCUT2D eigenvalue weighted by Crippen LogP contribution is 2.30. The Kier molecular flexibility index (Phi) is 3.95. The maximum Gasteiger partial charge on any atom is 0.228 e. The Hall–Kier alpha value is -0.960. The number of nitrogens with two attached hydrogens (primary N) is 1. The van der Waals surface area contributed by atoms with Gasteiger partial charge in [0.25, 0.3) is 0 Å². The average Bonchev–Trinajstić information content (AvgIpc) is 2.60. The van der Waals surface area contributed by atoms with Gasteiger partial charge in [0.15, 0.2) is 5.82 Å². The van der Waals surface area contributed by atoms with Crippen LogP contribution in [0.4, 0.5) is 5.82 Å². The average molecular weight is 325 g/mol. The lowest BCUT2D eigenvalue weighted by Gasteiger charge is -2.16. The molecule has 0 bridgehead atoms. The van der Waals surface area contributed by atoms with Crippen LogP contribution in [-0.4, -0.2) is 36.6 Å². The van der Waals surface area contributed by atoms with Gasteiger partial charge in [-0.25, -0.2) is 18.5 Å². The highest BCUT2D eigenvalue weighted by molar-refractivity contribution is 7.89. The molecule has 19 heavy (non-hydrogen) atoms. The van der Waals surface area contributed by atoms with Crippen molar-refractivity contribution in [1.29, 1.82) is 0 Å². The predicted octanol–water partition coefficient (Wildman–Crippen LogP) is 0.425. The molecule has 0 radical (unpaired) electrons. The Balaban J connectivity index is 2.23. The maximum absolute atomic E-state index is 11.9. The second-order valence-electron chi connectivity index (χ2n) is 4.21. The molecule has 1 aliphatic heterocycles. The smallest absolute Gasteiger partial charge is 0.228 e. The fourth-order valence-electron chi connectivity index (χ4n) is 1.95. The van der Waals surface area contributed by atoms with Gasteiger partial charge in [-0.2, -0.15) is 4.98 Å². The molecule has 2 heterocycles. The molecule has 1 aromatic heterocycles. The van der Waals surface area contributed by atoms with Crippen LogP contribution in [-0.2, 0) is 14.8 Å². The summed E-state index contributed by atoms with van der Waals surface area (Å²) in [6.45, 7) is 0.183. The van der Waals surface area contributed by atoms with E-state index >= 15 is 0 Å². The first-order valence-corrected chi connectivity index (χ1v) is 7.72. The van der Waals surface area contributed by atoms with Gasteiger partial charge < -0.3 is 0 Å². The Bertz CT molecular complexity index is 622. The number of amides is 1. The summed E-state index contributed by atoms with van der Waals surface area (Å²) < 4.78 is 22.1. The molecule has 0 spiro atoms. The number of carbonyl (C=O) groups excluding carboxylic acids is 1. The molecule has 1 saturated heterocycles. The van der Waals surface area contributed by atoms with E-state index in [9.17, 15) is 13.2 Å². The minimum absolute atomic E-state index is 0.0397. The van der Waals surface area contributed by atoms with E-state index in [1.54, 1.807) is 0 Å². The number of anilines is 1. The zero-order valence-electron chi connectivity index (χ0n) is 9.58. The van der Waals surface area contributed by atoms with E-state index in [0.717, 1.165) is 0 Å². The third-order valence-electron chi connectivity index (χ3n) is 2.63. The second kappa shape index (κ2) is 5.20. The van der Waals surface area contributed by atoms with E-state index < -0.39 is 10.0 Å². The first kappa shape index (κ1) is 14.4. The third kappa shape index (κ3) is 3.53. The van der Waals surface area contributed by atoms with Crippen molar-refractivity contribution in [1.82, 2.24) is 9.97 Å². The number of hydrogen-bond acceptors (Lipinski definition) is 5. The number of halogens is 2. The molecule has 1 unspecified atom stereocenters. The van der Waals surface area contributed by atoms with Gasteiger partial charge in [0.2, 0.25) is 21.2 Å². The minimum atomic E-state index is -3.63. The lowest BCUT2D eigenvalue weighted by Crippen LogP contribution is -2.28. The fourth-order valence-corrected chi connectivity index (χ4v) is 3.16. The first-order valence-electron chi connectivity index (χ1n) is 5.25. The second-order valence-corrected chi connectivity index (χ2v) is 6.62. The Morgan fingerprint density at radius 1 is 1.47 bits per heavy atom. The topological polar surface area (TPSA) is 106 Å². The zero-order chi connectivity index (χ0) is 14.2. The lowest BCUT2D eigenvalue weighted by molar-refractivity contribution is -0.117. The quantitative estimate of drug-likeness (QED) is 0.811. The van der Waals surface area contributed by atoms with Gasteiger partial charge in [0, 0.05) is 18.9 Å². The molecule has 1 amide bonds. The third-order valence-corrected chi connectivity index (χ3v) is 4.01. The van der Waals surface area contributed by atoms with Crippen molar-refractivity contribution >= 4 is 45.0 Å². The van der Waals surface area contributed by atoms with Crippen molar-refractivity contribution in [3.05, 3.63) is 16.5 Å². The van der Waals surface area contributed by atoms with Crippen LogP contribution in [0.25, 0.3) is 0 Å². The number of hydrogen-bond donors (Lipinski definition) is 1. The van der Waals surface area contributed by atoms with Crippen molar-refractivity contribution in [2.45, 2.75) is 6.42 Å². The molecule has 0 saturated carbocycles. The Morgan fingerprint density at radius 3 is 2.79 bits per heavy atom. The van der Waals surface area contributed by atoms with E-state index in [4.69, 9.17) is 28.3 Å². The number of sulfonamides is 1. The summed E-state index contributed by atoms with van der Waals surface area (Å²) in [4.78, 5) is 20.7. The monoisotopic (exact) mass is 324 g/mol. The van der Waals surface area contributed by atoms with Gasteiger partial charge in [-0.05, 0) is 11.6 Å². The highest BCUT2D eigenvalue weighted by Gasteiger charge is 2.34. The molecule has 2 N–H and O–H groups in total. The van der Waals surface area contributed by atoms with Crippen LogP contribution in [0.15, 0.2) is 6.20 Å². The normalized spacial score (nSPS) is 20.1. The summed E-state index contributed by atoms with van der Waals surface area (Å²) in [5.41, 5.74) is 0. The molecule has 0 aliphatic carbocycles. The van der Waals surface area contributed by atoms with Gasteiger partial charge in [-0.3, -0.25) is 9.69 Å². The number of carbonyl (C=O) groups is 1. The number of aromatic nitrogens is 2. The highest BCUT2D eigenvalue weighted by atomic mass is 35.5. The predicted molar refractivity (Wildman–Crippen MR) is 70.5 cm³/mol. The standard InChI is InChI=1S/C9H10Cl2N4O3S/c10-6-2-13-9(11)14-8(6)15-3-5(1-7(15)16)4-19(12,17)18/h2,5H,1,3-4H2,(H2,12,17,18). The van der Waals surface area contributed by atoms with Gasteiger partial charge >= 0.3 is 0 Å². The summed E-state index contributed by atoms with van der Waals surface area (Å²) in [5.74, 6) is -0.729. The van der Waals surface area contributed by atoms with Crippen molar-refractivity contribution in [3.8, 4) is 0 Å². The van der Waals surface area contributed by atoms with Crippen LogP contribution < -0.4 is 10.0 Å². The molecular formula is C9H10Cl2N4O3S. The Labute approximate surface area is 119 Å². The van der Waals surface area contributed by atoms with Crippen LogP contribution >= 0.6 is 23.2 Å².